The molecule has 1 aromatic heterocycles. The Hall–Kier alpha value is -1.14. The maximum atomic E-state index is 12.3. The minimum atomic E-state index is -0.741. The number of hydrogen-bond acceptors (Lipinski definition) is 5. The number of aromatic nitrogens is 2. The molecule has 1 saturated carbocycles. The van der Waals surface area contributed by atoms with Crippen LogP contribution in [0.4, 0.5) is 0 Å². The van der Waals surface area contributed by atoms with Crippen LogP contribution in [0.25, 0.3) is 0 Å². The molecular formula is C14H21N3O2S. The first-order chi connectivity index (χ1) is 9.45. The number of carbonyl (C=O) groups excluding carboxylic acids is 1. The van der Waals surface area contributed by atoms with Gasteiger partial charge in [-0.3, -0.25) is 4.79 Å². The van der Waals surface area contributed by atoms with Gasteiger partial charge in [0.2, 0.25) is 0 Å². The number of rotatable bonds is 4. The number of hydrogen-bond donors (Lipinski definition) is 2. The summed E-state index contributed by atoms with van der Waals surface area (Å²) in [6.07, 6.45) is 5.45. The predicted molar refractivity (Wildman–Crippen MR) is 79.0 cm³/mol. The van der Waals surface area contributed by atoms with Crippen molar-refractivity contribution in [2.75, 3.05) is 12.8 Å². The fourth-order valence-electron chi connectivity index (χ4n) is 2.63. The molecule has 0 spiro atoms. The lowest BCUT2D eigenvalue weighted by molar-refractivity contribution is 0.0448. The highest BCUT2D eigenvalue weighted by atomic mass is 32.2. The molecule has 0 bridgehead atoms. The lowest BCUT2D eigenvalue weighted by Gasteiger charge is -2.22. The minimum Gasteiger partial charge on any atom is -0.388 e. The summed E-state index contributed by atoms with van der Waals surface area (Å²) < 4.78 is 0. The summed E-state index contributed by atoms with van der Waals surface area (Å²) in [4.78, 5) is 20.9. The second-order valence-electron chi connectivity index (χ2n) is 5.35. The number of nitrogens with zero attached hydrogens (tertiary/aromatic N) is 2. The van der Waals surface area contributed by atoms with Crippen LogP contribution in [-0.2, 0) is 0 Å². The molecule has 1 aromatic rings. The van der Waals surface area contributed by atoms with E-state index in [0.717, 1.165) is 25.7 Å². The molecule has 1 aliphatic rings. The molecule has 2 rings (SSSR count). The maximum absolute atomic E-state index is 12.3. The fraction of sp³-hybridized carbons (Fsp3) is 0.643. The van der Waals surface area contributed by atoms with Gasteiger partial charge in [-0.25, -0.2) is 9.97 Å². The van der Waals surface area contributed by atoms with E-state index in [1.165, 1.54) is 11.8 Å². The summed E-state index contributed by atoms with van der Waals surface area (Å²) in [5.74, 6) is 0.463. The fourth-order valence-corrected chi connectivity index (χ4v) is 3.30. The van der Waals surface area contributed by atoms with E-state index in [-0.39, 0.29) is 5.91 Å². The van der Waals surface area contributed by atoms with Crippen molar-refractivity contribution in [2.45, 2.75) is 50.2 Å². The third kappa shape index (κ3) is 3.30. The normalized spacial score (nSPS) is 17.2. The summed E-state index contributed by atoms with van der Waals surface area (Å²) >= 11 is 1.43. The molecule has 0 radical (unpaired) electrons. The minimum absolute atomic E-state index is 0.202. The smallest absolute Gasteiger partial charge is 0.255 e. The van der Waals surface area contributed by atoms with E-state index in [1.807, 2.05) is 20.1 Å². The Morgan fingerprint density at radius 1 is 1.35 bits per heavy atom. The molecule has 0 aliphatic heterocycles. The van der Waals surface area contributed by atoms with Crippen molar-refractivity contribution in [2.24, 2.45) is 0 Å². The number of aryl methyl sites for hydroxylation is 2. The molecule has 0 unspecified atom stereocenters. The van der Waals surface area contributed by atoms with E-state index in [2.05, 4.69) is 15.3 Å². The van der Waals surface area contributed by atoms with Crippen molar-refractivity contribution < 1.29 is 9.90 Å². The van der Waals surface area contributed by atoms with Gasteiger partial charge in [0.1, 0.15) is 10.9 Å². The average molecular weight is 295 g/mol. The van der Waals surface area contributed by atoms with Gasteiger partial charge in [-0.15, -0.1) is 11.8 Å². The SMILES string of the molecule is CSc1nc(C)nc(C)c1C(=O)NCC1(O)CCCC1. The summed E-state index contributed by atoms with van der Waals surface area (Å²) in [6, 6.07) is 0. The highest BCUT2D eigenvalue weighted by molar-refractivity contribution is 7.98. The molecule has 6 heteroatoms. The molecule has 1 heterocycles. The van der Waals surface area contributed by atoms with Crippen molar-refractivity contribution in [1.82, 2.24) is 15.3 Å². The first-order valence-electron chi connectivity index (χ1n) is 6.85. The van der Waals surface area contributed by atoms with Crippen LogP contribution in [-0.4, -0.2) is 39.4 Å². The molecule has 20 heavy (non-hydrogen) atoms. The van der Waals surface area contributed by atoms with Crippen molar-refractivity contribution in [3.05, 3.63) is 17.1 Å². The lowest BCUT2D eigenvalue weighted by Crippen LogP contribution is -2.41. The third-order valence-corrected chi connectivity index (χ3v) is 4.38. The zero-order valence-electron chi connectivity index (χ0n) is 12.2. The van der Waals surface area contributed by atoms with Crippen molar-refractivity contribution in [3.63, 3.8) is 0 Å². The molecule has 110 valence electrons. The van der Waals surface area contributed by atoms with E-state index in [9.17, 15) is 9.90 Å². The largest absolute Gasteiger partial charge is 0.388 e. The second-order valence-corrected chi connectivity index (χ2v) is 6.15. The van der Waals surface area contributed by atoms with Gasteiger partial charge in [-0.1, -0.05) is 12.8 Å². The molecule has 2 N–H and O–H groups in total. The van der Waals surface area contributed by atoms with Crippen LogP contribution in [0.3, 0.4) is 0 Å². The van der Waals surface area contributed by atoms with Crippen molar-refractivity contribution in [3.8, 4) is 0 Å². The molecule has 0 atom stereocenters. The molecule has 0 saturated heterocycles. The maximum Gasteiger partial charge on any atom is 0.255 e. The van der Waals surface area contributed by atoms with Crippen LogP contribution in [0.2, 0.25) is 0 Å². The second kappa shape index (κ2) is 6.10. The Morgan fingerprint density at radius 3 is 2.60 bits per heavy atom. The molecule has 0 aromatic carbocycles. The topological polar surface area (TPSA) is 75.1 Å². The molecule has 1 aliphatic carbocycles. The van der Waals surface area contributed by atoms with Gasteiger partial charge in [0.15, 0.2) is 0 Å². The predicted octanol–water partition coefficient (Wildman–Crippen LogP) is 1.85. The number of carbonyl (C=O) groups is 1. The zero-order valence-corrected chi connectivity index (χ0v) is 13.0. The first-order valence-corrected chi connectivity index (χ1v) is 8.07. The number of aliphatic hydroxyl groups is 1. The van der Waals surface area contributed by atoms with Crippen molar-refractivity contribution >= 4 is 17.7 Å². The number of amides is 1. The Morgan fingerprint density at radius 2 is 2.00 bits per heavy atom. The van der Waals surface area contributed by atoms with Gasteiger partial charge in [0.25, 0.3) is 5.91 Å². The zero-order chi connectivity index (χ0) is 14.8. The van der Waals surface area contributed by atoms with Gasteiger partial charge in [0, 0.05) is 6.54 Å². The van der Waals surface area contributed by atoms with Gasteiger partial charge < -0.3 is 10.4 Å². The Balaban J connectivity index is 2.13. The van der Waals surface area contributed by atoms with E-state index in [1.54, 1.807) is 0 Å². The van der Waals surface area contributed by atoms with Gasteiger partial charge >= 0.3 is 0 Å². The van der Waals surface area contributed by atoms with E-state index < -0.39 is 5.60 Å². The molecule has 5 nitrogen and oxygen atoms in total. The Bertz CT molecular complexity index is 513. The number of thioether (sulfide) groups is 1. The quantitative estimate of drug-likeness (QED) is 0.655. The summed E-state index contributed by atoms with van der Waals surface area (Å²) in [7, 11) is 0. The molecular weight excluding hydrogens is 274 g/mol. The van der Waals surface area contributed by atoms with Gasteiger partial charge in [0.05, 0.1) is 16.9 Å². The first kappa shape index (κ1) is 15.3. The highest BCUT2D eigenvalue weighted by Gasteiger charge is 2.31. The summed E-state index contributed by atoms with van der Waals surface area (Å²) in [6.45, 7) is 3.93. The van der Waals surface area contributed by atoms with Gasteiger partial charge in [-0.05, 0) is 32.9 Å². The van der Waals surface area contributed by atoms with E-state index in [4.69, 9.17) is 0 Å². The Kier molecular flexibility index (Phi) is 4.65. The number of nitrogens with one attached hydrogen (secondary N) is 1. The molecule has 1 amide bonds. The van der Waals surface area contributed by atoms with Crippen LogP contribution in [0.15, 0.2) is 5.03 Å². The van der Waals surface area contributed by atoms with Crippen LogP contribution in [0.1, 0.15) is 47.6 Å². The van der Waals surface area contributed by atoms with Crippen LogP contribution < -0.4 is 5.32 Å². The van der Waals surface area contributed by atoms with Gasteiger partial charge in [-0.2, -0.15) is 0 Å². The van der Waals surface area contributed by atoms with E-state index in [0.29, 0.717) is 28.7 Å². The van der Waals surface area contributed by atoms with E-state index >= 15 is 0 Å². The average Bonchev–Trinajstić information content (AvgIpc) is 2.82. The monoisotopic (exact) mass is 295 g/mol. The van der Waals surface area contributed by atoms with Crippen LogP contribution >= 0.6 is 11.8 Å². The standard InChI is InChI=1S/C14H21N3O2S/c1-9-11(13(20-3)17-10(2)16-9)12(18)15-8-14(19)6-4-5-7-14/h19H,4-8H2,1-3H3,(H,15,18). The molecule has 1 fully saturated rings. The highest BCUT2D eigenvalue weighted by Crippen LogP contribution is 2.29. The third-order valence-electron chi connectivity index (χ3n) is 3.70. The van der Waals surface area contributed by atoms with Crippen molar-refractivity contribution in [1.29, 1.82) is 0 Å². The summed E-state index contributed by atoms with van der Waals surface area (Å²) in [5.41, 5.74) is 0.455. The van der Waals surface area contributed by atoms with Crippen LogP contribution in [0.5, 0.6) is 0 Å². The Labute approximate surface area is 123 Å². The lowest BCUT2D eigenvalue weighted by atomic mass is 10.0. The van der Waals surface area contributed by atoms with Crippen LogP contribution in [0, 0.1) is 13.8 Å². The summed E-state index contributed by atoms with van der Waals surface area (Å²) in [5, 5.41) is 13.8.